The molecule has 3 heterocycles. The van der Waals surface area contributed by atoms with Gasteiger partial charge in [0.2, 0.25) is 9.84 Å². The first-order chi connectivity index (χ1) is 13.0. The molecule has 0 spiro atoms. The minimum atomic E-state index is -3.57. The fourth-order valence-electron chi connectivity index (χ4n) is 4.64. The quantitative estimate of drug-likeness (QED) is 0.755. The third-order valence-corrected chi connectivity index (χ3v) is 7.81. The smallest absolute Gasteiger partial charge is 0.206 e. The molecule has 1 saturated heterocycles. The molecule has 2 atom stereocenters. The van der Waals surface area contributed by atoms with Gasteiger partial charge in [-0.25, -0.2) is 8.42 Å². The summed E-state index contributed by atoms with van der Waals surface area (Å²) in [6, 6.07) is 13.0. The summed E-state index contributed by atoms with van der Waals surface area (Å²) in [4.78, 5) is 0.625. The van der Waals surface area contributed by atoms with Crippen LogP contribution in [0, 0.1) is 0 Å². The van der Waals surface area contributed by atoms with Gasteiger partial charge >= 0.3 is 0 Å². The summed E-state index contributed by atoms with van der Waals surface area (Å²) in [7, 11) is 0.0822. The number of hydrogen-bond donors (Lipinski definition) is 1. The second-order valence-electron chi connectivity index (χ2n) is 7.47. The van der Waals surface area contributed by atoms with Crippen LogP contribution < -0.4 is 10.1 Å². The van der Waals surface area contributed by atoms with Gasteiger partial charge < -0.3 is 14.6 Å². The number of hydrogen-bond acceptors (Lipinski definition) is 4. The molecule has 2 bridgehead atoms. The predicted octanol–water partition coefficient (Wildman–Crippen LogP) is 3.37. The fraction of sp³-hybridized carbons (Fsp3) is 0.333. The van der Waals surface area contributed by atoms with E-state index in [9.17, 15) is 8.42 Å². The molecule has 5 rings (SSSR count). The third kappa shape index (κ3) is 2.43. The van der Waals surface area contributed by atoms with E-state index in [1.54, 1.807) is 37.4 Å². The van der Waals surface area contributed by atoms with E-state index in [0.29, 0.717) is 22.7 Å². The Bertz CT molecular complexity index is 1150. The molecule has 1 fully saturated rings. The Morgan fingerprint density at radius 1 is 1.07 bits per heavy atom. The van der Waals surface area contributed by atoms with Crippen molar-refractivity contribution in [3.63, 3.8) is 0 Å². The highest BCUT2D eigenvalue weighted by Crippen LogP contribution is 2.42. The van der Waals surface area contributed by atoms with Crippen LogP contribution in [-0.4, -0.2) is 26.1 Å². The third-order valence-electron chi connectivity index (χ3n) is 6.04. The Morgan fingerprint density at radius 3 is 2.56 bits per heavy atom. The van der Waals surface area contributed by atoms with Gasteiger partial charge in [0.15, 0.2) is 0 Å². The summed E-state index contributed by atoms with van der Waals surface area (Å²) in [5.74, 6) is 0.642. The highest BCUT2D eigenvalue weighted by Gasteiger charge is 2.36. The highest BCUT2D eigenvalue weighted by atomic mass is 32.2. The van der Waals surface area contributed by atoms with E-state index in [1.165, 1.54) is 17.7 Å². The molecule has 1 N–H and O–H groups in total. The number of benzene rings is 2. The van der Waals surface area contributed by atoms with Crippen LogP contribution in [0.3, 0.4) is 0 Å². The SMILES string of the molecule is COc1ccc(S(=O)(=O)c2ccc3c(c2)c2c(n3C)CC3CCC2N3)cc1. The van der Waals surface area contributed by atoms with E-state index in [0.717, 1.165) is 23.7 Å². The van der Waals surface area contributed by atoms with E-state index < -0.39 is 9.84 Å². The average molecular weight is 382 g/mol. The molecule has 0 aliphatic carbocycles. The lowest BCUT2D eigenvalue weighted by atomic mass is 9.99. The second-order valence-corrected chi connectivity index (χ2v) is 9.42. The standard InChI is InChI=1S/C21H22N2O3S/c1-23-19-10-8-16(27(24,25)15-6-4-14(26-2)5-7-15)12-17(19)21-18-9-3-13(22-18)11-20(21)23/h4-8,10,12-13,18,22H,3,9,11H2,1-2H3. The fourth-order valence-corrected chi connectivity index (χ4v) is 5.93. The van der Waals surface area contributed by atoms with Crippen LogP contribution in [0.25, 0.3) is 10.9 Å². The molecule has 5 nitrogen and oxygen atoms in total. The van der Waals surface area contributed by atoms with Crippen LogP contribution in [0.4, 0.5) is 0 Å². The maximum absolute atomic E-state index is 13.1. The van der Waals surface area contributed by atoms with Gasteiger partial charge in [-0.2, -0.15) is 0 Å². The molecule has 2 unspecified atom stereocenters. The van der Waals surface area contributed by atoms with E-state index in [-0.39, 0.29) is 4.90 Å². The lowest BCUT2D eigenvalue weighted by Gasteiger charge is -2.23. The van der Waals surface area contributed by atoms with Crippen molar-refractivity contribution in [3.05, 3.63) is 53.7 Å². The predicted molar refractivity (Wildman–Crippen MR) is 104 cm³/mol. The molecule has 2 aromatic carbocycles. The lowest BCUT2D eigenvalue weighted by molar-refractivity contribution is 0.414. The first kappa shape index (κ1) is 16.8. The second kappa shape index (κ2) is 5.84. The monoisotopic (exact) mass is 382 g/mol. The molecule has 27 heavy (non-hydrogen) atoms. The van der Waals surface area contributed by atoms with Crippen LogP contribution >= 0.6 is 0 Å². The van der Waals surface area contributed by atoms with Crippen molar-refractivity contribution in [2.75, 3.05) is 7.11 Å². The number of nitrogens with one attached hydrogen (secondary N) is 1. The molecular formula is C21H22N2O3S. The van der Waals surface area contributed by atoms with Gasteiger partial charge in [0.05, 0.1) is 16.9 Å². The molecule has 0 amide bonds. The Labute approximate surface area is 158 Å². The van der Waals surface area contributed by atoms with E-state index in [4.69, 9.17) is 4.74 Å². The zero-order valence-corrected chi connectivity index (χ0v) is 16.2. The molecule has 6 heteroatoms. The van der Waals surface area contributed by atoms with E-state index in [2.05, 4.69) is 16.9 Å². The van der Waals surface area contributed by atoms with Crippen molar-refractivity contribution in [2.45, 2.75) is 41.1 Å². The summed E-state index contributed by atoms with van der Waals surface area (Å²) in [5.41, 5.74) is 3.73. The molecule has 2 aliphatic heterocycles. The van der Waals surface area contributed by atoms with E-state index >= 15 is 0 Å². The molecule has 0 radical (unpaired) electrons. The number of sulfone groups is 1. The zero-order valence-electron chi connectivity index (χ0n) is 15.4. The van der Waals surface area contributed by atoms with Crippen molar-refractivity contribution in [1.82, 2.24) is 9.88 Å². The van der Waals surface area contributed by atoms with Gasteiger partial charge in [0.1, 0.15) is 5.75 Å². The Hall–Kier alpha value is -2.31. The van der Waals surface area contributed by atoms with Crippen molar-refractivity contribution in [3.8, 4) is 5.75 Å². The summed E-state index contributed by atoms with van der Waals surface area (Å²) in [6.45, 7) is 0. The minimum absolute atomic E-state index is 0.284. The molecule has 2 aliphatic rings. The maximum atomic E-state index is 13.1. The Morgan fingerprint density at radius 2 is 1.81 bits per heavy atom. The minimum Gasteiger partial charge on any atom is -0.497 e. The van der Waals surface area contributed by atoms with Crippen LogP contribution in [0.15, 0.2) is 52.3 Å². The first-order valence-electron chi connectivity index (χ1n) is 9.25. The Balaban J connectivity index is 1.66. The van der Waals surface area contributed by atoms with Crippen molar-refractivity contribution in [2.24, 2.45) is 7.05 Å². The summed E-state index contributed by atoms with van der Waals surface area (Å²) < 4.78 is 33.7. The number of aromatic nitrogens is 1. The molecular weight excluding hydrogens is 360 g/mol. The topological polar surface area (TPSA) is 60.3 Å². The maximum Gasteiger partial charge on any atom is 0.206 e. The van der Waals surface area contributed by atoms with Crippen LogP contribution in [0.1, 0.15) is 30.1 Å². The van der Waals surface area contributed by atoms with Crippen LogP contribution in [-0.2, 0) is 23.3 Å². The van der Waals surface area contributed by atoms with Crippen molar-refractivity contribution < 1.29 is 13.2 Å². The van der Waals surface area contributed by atoms with Crippen LogP contribution in [0.2, 0.25) is 0 Å². The summed E-state index contributed by atoms with van der Waals surface area (Å²) >= 11 is 0. The molecule has 3 aromatic rings. The number of nitrogens with zero attached hydrogens (tertiary/aromatic N) is 1. The number of rotatable bonds is 3. The van der Waals surface area contributed by atoms with Crippen molar-refractivity contribution >= 4 is 20.7 Å². The molecule has 140 valence electrons. The molecule has 1 aromatic heterocycles. The summed E-state index contributed by atoms with van der Waals surface area (Å²) in [5, 5.41) is 4.73. The summed E-state index contributed by atoms with van der Waals surface area (Å²) in [6.07, 6.45) is 3.31. The number of fused-ring (bicyclic) bond motifs is 6. The zero-order chi connectivity index (χ0) is 18.8. The number of aryl methyl sites for hydroxylation is 1. The van der Waals surface area contributed by atoms with Gasteiger partial charge in [-0.3, -0.25) is 0 Å². The number of ether oxygens (including phenoxy) is 1. The largest absolute Gasteiger partial charge is 0.497 e. The van der Waals surface area contributed by atoms with Crippen molar-refractivity contribution in [1.29, 1.82) is 0 Å². The Kier molecular flexibility index (Phi) is 3.64. The van der Waals surface area contributed by atoms with Gasteiger partial charge in [-0.1, -0.05) is 0 Å². The van der Waals surface area contributed by atoms with Crippen LogP contribution in [0.5, 0.6) is 5.75 Å². The lowest BCUT2D eigenvalue weighted by Crippen LogP contribution is -2.32. The van der Waals surface area contributed by atoms with Gasteiger partial charge in [0.25, 0.3) is 0 Å². The highest BCUT2D eigenvalue weighted by molar-refractivity contribution is 7.91. The van der Waals surface area contributed by atoms with Gasteiger partial charge in [-0.15, -0.1) is 0 Å². The number of methoxy groups -OCH3 is 1. The first-order valence-corrected chi connectivity index (χ1v) is 10.7. The van der Waals surface area contributed by atoms with Gasteiger partial charge in [-0.05, 0) is 60.9 Å². The normalized spacial score (nSPS) is 21.4. The van der Waals surface area contributed by atoms with Gasteiger partial charge in [0, 0.05) is 42.1 Å². The average Bonchev–Trinajstić information content (AvgIpc) is 3.20. The van der Waals surface area contributed by atoms with E-state index in [1.807, 2.05) is 12.1 Å². The molecule has 0 saturated carbocycles.